The fourth-order valence-corrected chi connectivity index (χ4v) is 3.10. The second kappa shape index (κ2) is 8.29. The molecule has 5 nitrogen and oxygen atoms in total. The van der Waals surface area contributed by atoms with Gasteiger partial charge in [0.05, 0.1) is 11.7 Å². The first kappa shape index (κ1) is 18.3. The molecule has 0 unspecified atom stereocenters. The molecule has 0 fully saturated rings. The van der Waals surface area contributed by atoms with Gasteiger partial charge in [0, 0.05) is 12.8 Å². The molecule has 136 valence electrons. The van der Waals surface area contributed by atoms with Crippen molar-refractivity contribution in [3.63, 3.8) is 0 Å². The van der Waals surface area contributed by atoms with Gasteiger partial charge in [-0.05, 0) is 24.3 Å². The number of hydrogen-bond donors (Lipinski definition) is 1. The van der Waals surface area contributed by atoms with Crippen molar-refractivity contribution in [2.45, 2.75) is 11.3 Å². The van der Waals surface area contributed by atoms with Gasteiger partial charge >= 0.3 is 0 Å². The molecule has 0 radical (unpaired) electrons. The van der Waals surface area contributed by atoms with Crippen LogP contribution in [0.5, 0.6) is 5.75 Å². The van der Waals surface area contributed by atoms with Crippen molar-refractivity contribution in [3.05, 3.63) is 60.2 Å². The van der Waals surface area contributed by atoms with E-state index in [4.69, 9.17) is 4.74 Å². The number of para-hydroxylation sites is 1. The van der Waals surface area contributed by atoms with Gasteiger partial charge in [-0.2, -0.15) is 0 Å². The predicted molar refractivity (Wildman–Crippen MR) is 95.0 cm³/mol. The van der Waals surface area contributed by atoms with Crippen molar-refractivity contribution in [3.8, 4) is 17.1 Å². The Morgan fingerprint density at radius 1 is 1.08 bits per heavy atom. The summed E-state index contributed by atoms with van der Waals surface area (Å²) in [5.41, 5.74) is 0.359. The first-order chi connectivity index (χ1) is 12.6. The fourth-order valence-electron chi connectivity index (χ4n) is 2.28. The minimum absolute atomic E-state index is 0.0496. The average molecular weight is 377 g/mol. The Morgan fingerprint density at radius 2 is 1.77 bits per heavy atom. The van der Waals surface area contributed by atoms with Gasteiger partial charge in [0.2, 0.25) is 0 Å². The van der Waals surface area contributed by atoms with E-state index in [-0.39, 0.29) is 23.9 Å². The second-order valence-electron chi connectivity index (χ2n) is 5.55. The van der Waals surface area contributed by atoms with E-state index >= 15 is 0 Å². The maximum Gasteiger partial charge on any atom is 0.191 e. The summed E-state index contributed by atoms with van der Waals surface area (Å²) >= 11 is 1.26. The van der Waals surface area contributed by atoms with E-state index in [1.54, 1.807) is 41.9 Å². The van der Waals surface area contributed by atoms with Crippen LogP contribution in [0.15, 0.2) is 53.7 Å². The maximum absolute atomic E-state index is 13.9. The fraction of sp³-hybridized carbons (Fsp3) is 0.222. The Balaban J connectivity index is 1.58. The molecule has 2 aromatic carbocycles. The van der Waals surface area contributed by atoms with Gasteiger partial charge in [-0.3, -0.25) is 0 Å². The Labute approximate surface area is 153 Å². The first-order valence-corrected chi connectivity index (χ1v) is 8.87. The van der Waals surface area contributed by atoms with Crippen LogP contribution in [0, 0.1) is 11.6 Å². The number of benzene rings is 2. The van der Waals surface area contributed by atoms with Crippen molar-refractivity contribution >= 4 is 11.8 Å². The van der Waals surface area contributed by atoms with Gasteiger partial charge in [-0.15, -0.1) is 10.2 Å². The molecule has 1 heterocycles. The predicted octanol–water partition coefficient (Wildman–Crippen LogP) is 3.29. The van der Waals surface area contributed by atoms with E-state index in [1.165, 1.54) is 30.0 Å². The molecule has 0 saturated carbocycles. The van der Waals surface area contributed by atoms with Gasteiger partial charge in [0.15, 0.2) is 22.5 Å². The monoisotopic (exact) mass is 377 g/mol. The third-order valence-electron chi connectivity index (χ3n) is 3.62. The SMILES string of the molecule is Cn1c(SC[C@@H](O)COc2ccccc2F)nnc1-c1ccccc1F. The van der Waals surface area contributed by atoms with E-state index in [2.05, 4.69) is 10.2 Å². The standard InChI is InChI=1S/C18H17F2N3O2S/c1-23-17(13-6-2-3-7-14(13)19)21-22-18(23)26-11-12(24)10-25-16-9-5-4-8-15(16)20/h2-9,12,24H,10-11H2,1H3/t12-/m0/s1. The molecule has 0 aliphatic heterocycles. The van der Waals surface area contributed by atoms with Crippen molar-refractivity contribution in [1.82, 2.24) is 14.8 Å². The third kappa shape index (κ3) is 4.20. The van der Waals surface area contributed by atoms with Gasteiger partial charge in [-0.1, -0.05) is 36.0 Å². The zero-order chi connectivity index (χ0) is 18.5. The highest BCUT2D eigenvalue weighted by Crippen LogP contribution is 2.25. The van der Waals surface area contributed by atoms with Gasteiger partial charge in [-0.25, -0.2) is 8.78 Å². The number of ether oxygens (including phenoxy) is 1. The lowest BCUT2D eigenvalue weighted by Crippen LogP contribution is -2.20. The Hall–Kier alpha value is -2.45. The molecule has 0 spiro atoms. The van der Waals surface area contributed by atoms with Crippen LogP contribution in [0.2, 0.25) is 0 Å². The smallest absolute Gasteiger partial charge is 0.191 e. The van der Waals surface area contributed by atoms with Crippen LogP contribution in [-0.2, 0) is 7.05 Å². The van der Waals surface area contributed by atoms with Crippen LogP contribution < -0.4 is 4.74 Å². The molecule has 0 aliphatic carbocycles. The largest absolute Gasteiger partial charge is 0.488 e. The molecule has 0 aliphatic rings. The molecule has 0 bridgehead atoms. The minimum atomic E-state index is -0.826. The van der Waals surface area contributed by atoms with Crippen LogP contribution in [0.1, 0.15) is 0 Å². The highest BCUT2D eigenvalue weighted by atomic mass is 32.2. The van der Waals surface area contributed by atoms with Crippen LogP contribution in [-0.4, -0.2) is 38.3 Å². The Kier molecular flexibility index (Phi) is 5.85. The van der Waals surface area contributed by atoms with Crippen LogP contribution in [0.25, 0.3) is 11.4 Å². The van der Waals surface area contributed by atoms with Crippen molar-refractivity contribution in [2.24, 2.45) is 7.05 Å². The summed E-state index contributed by atoms with van der Waals surface area (Å²) in [4.78, 5) is 0. The number of aromatic nitrogens is 3. The highest BCUT2D eigenvalue weighted by Gasteiger charge is 2.16. The molecule has 0 amide bonds. The molecule has 3 aromatic rings. The molecule has 0 saturated heterocycles. The maximum atomic E-state index is 13.9. The van der Waals surface area contributed by atoms with E-state index in [0.717, 1.165) is 0 Å². The number of thioether (sulfide) groups is 1. The Morgan fingerprint density at radius 3 is 2.50 bits per heavy atom. The van der Waals surface area contributed by atoms with Gasteiger partial charge in [0.1, 0.15) is 12.4 Å². The van der Waals surface area contributed by atoms with E-state index < -0.39 is 11.9 Å². The summed E-state index contributed by atoms with van der Waals surface area (Å²) in [6.07, 6.45) is -0.826. The molecule has 8 heteroatoms. The molecule has 26 heavy (non-hydrogen) atoms. The topological polar surface area (TPSA) is 60.2 Å². The van der Waals surface area contributed by atoms with Gasteiger partial charge in [0.25, 0.3) is 0 Å². The number of hydrogen-bond acceptors (Lipinski definition) is 5. The van der Waals surface area contributed by atoms with E-state index in [9.17, 15) is 13.9 Å². The lowest BCUT2D eigenvalue weighted by Gasteiger charge is -2.12. The number of nitrogens with zero attached hydrogens (tertiary/aromatic N) is 3. The molecule has 1 aromatic heterocycles. The first-order valence-electron chi connectivity index (χ1n) is 7.88. The lowest BCUT2D eigenvalue weighted by atomic mass is 10.2. The van der Waals surface area contributed by atoms with Crippen molar-refractivity contribution in [2.75, 3.05) is 12.4 Å². The summed E-state index contributed by atoms with van der Waals surface area (Å²) in [6.45, 7) is -0.0496. The minimum Gasteiger partial charge on any atom is -0.488 e. The van der Waals surface area contributed by atoms with Crippen LogP contribution in [0.3, 0.4) is 0 Å². The van der Waals surface area contributed by atoms with E-state index in [0.29, 0.717) is 16.5 Å². The van der Waals surface area contributed by atoms with E-state index in [1.807, 2.05) is 0 Å². The van der Waals surface area contributed by atoms with Crippen LogP contribution in [0.4, 0.5) is 8.78 Å². The van der Waals surface area contributed by atoms with Crippen molar-refractivity contribution < 1.29 is 18.6 Å². The summed E-state index contributed by atoms with van der Waals surface area (Å²) in [5.74, 6) is -0.0784. The average Bonchev–Trinajstić information content (AvgIpc) is 3.00. The molecular formula is C18H17F2N3O2S. The number of halogens is 2. The molecular weight excluding hydrogens is 360 g/mol. The number of aliphatic hydroxyl groups is 1. The van der Waals surface area contributed by atoms with Crippen LogP contribution >= 0.6 is 11.8 Å². The molecule has 1 atom stereocenters. The summed E-state index contributed by atoms with van der Waals surface area (Å²) in [6, 6.07) is 12.3. The summed E-state index contributed by atoms with van der Waals surface area (Å²) in [5, 5.41) is 18.6. The second-order valence-corrected chi connectivity index (χ2v) is 6.54. The third-order valence-corrected chi connectivity index (χ3v) is 4.79. The molecule has 3 rings (SSSR count). The highest BCUT2D eigenvalue weighted by molar-refractivity contribution is 7.99. The Bertz CT molecular complexity index is 888. The number of rotatable bonds is 7. The van der Waals surface area contributed by atoms with Gasteiger partial charge < -0.3 is 14.4 Å². The summed E-state index contributed by atoms with van der Waals surface area (Å²) < 4.78 is 34.3. The normalized spacial score (nSPS) is 12.2. The summed E-state index contributed by atoms with van der Waals surface area (Å²) in [7, 11) is 1.73. The number of aliphatic hydroxyl groups excluding tert-OH is 1. The van der Waals surface area contributed by atoms with Crippen molar-refractivity contribution in [1.29, 1.82) is 0 Å². The zero-order valence-electron chi connectivity index (χ0n) is 14.0. The quantitative estimate of drug-likeness (QED) is 0.640. The molecule has 1 N–H and O–H groups in total. The zero-order valence-corrected chi connectivity index (χ0v) is 14.8. The lowest BCUT2D eigenvalue weighted by molar-refractivity contribution is 0.123.